The summed E-state index contributed by atoms with van der Waals surface area (Å²) in [6.07, 6.45) is 0. The number of fused-ring (bicyclic) bond motifs is 1. The number of aromatic carboxylic acids is 1. The normalized spacial score (nSPS) is 12.7. The third-order valence-electron chi connectivity index (χ3n) is 5.54. The summed E-state index contributed by atoms with van der Waals surface area (Å²) in [4.78, 5) is 22.3. The Morgan fingerprint density at radius 3 is 1.76 bits per heavy atom. The molecule has 8 N–H and O–H groups in total. The molecule has 0 saturated heterocycles. The highest BCUT2D eigenvalue weighted by Crippen LogP contribution is 2.50. The number of amides is 1. The van der Waals surface area contributed by atoms with Crippen molar-refractivity contribution in [3.05, 3.63) is 36.2 Å². The molecule has 4 rings (SSSR count). The van der Waals surface area contributed by atoms with Gasteiger partial charge in [-0.05, 0) is 35.7 Å². The number of carboxylic acids is 1. The number of hydrogen-bond acceptors (Lipinski definition) is 16. The number of aromatic nitrogens is 3. The number of nitrogens with one attached hydrogen (secondary N) is 2. The highest BCUT2D eigenvalue weighted by molar-refractivity contribution is 7.86. The molecule has 1 heterocycles. The maximum absolute atomic E-state index is 12.2. The molecule has 0 bridgehead atoms. The van der Waals surface area contributed by atoms with Crippen molar-refractivity contribution >= 4 is 81.7 Å². The first kappa shape index (κ1) is 33.4. The number of H-pyrrole nitrogens is 1. The molecule has 242 valence electrons. The van der Waals surface area contributed by atoms with Crippen molar-refractivity contribution in [2.75, 3.05) is 5.32 Å². The molecule has 0 unspecified atom stereocenters. The molecule has 1 aromatic heterocycles. The second kappa shape index (κ2) is 11.8. The molecule has 0 atom stereocenters. The third kappa shape index (κ3) is 6.92. The van der Waals surface area contributed by atoms with Gasteiger partial charge in [0.25, 0.3) is 36.3 Å². The molecular weight excluding hydrogens is 684 g/mol. The molecule has 0 aliphatic heterocycles. The number of phenols is 2. The van der Waals surface area contributed by atoms with Crippen molar-refractivity contribution in [1.82, 2.24) is 15.2 Å². The average molecular weight is 701 g/mol. The van der Waals surface area contributed by atoms with Gasteiger partial charge >= 0.3 is 5.97 Å². The lowest BCUT2D eigenvalue weighted by Crippen LogP contribution is -2.07. The lowest BCUT2D eigenvalue weighted by molar-refractivity contribution is -0.114. The SMILES string of the molecule is CC(=O)Nc1ccc(N=Nc2c(S(=O)(=O)O)cc3cc(S(=O)(=O)O)c(N=Nc4n[nH]c(C(=O)O)n4)c(O)c3c2O)c(S(=O)(=O)O)c1. The zero-order valence-electron chi connectivity index (χ0n) is 22.2. The number of nitrogens with zero attached hydrogens (tertiary/aromatic N) is 6. The number of anilines is 1. The van der Waals surface area contributed by atoms with Crippen LogP contribution in [-0.4, -0.2) is 81.3 Å². The molecular formula is C21H16N8O14S3. The van der Waals surface area contributed by atoms with Gasteiger partial charge in [-0.2, -0.15) is 30.2 Å². The molecule has 0 radical (unpaired) electrons. The van der Waals surface area contributed by atoms with Crippen LogP contribution in [0.5, 0.6) is 11.5 Å². The minimum Gasteiger partial charge on any atom is -0.505 e. The van der Waals surface area contributed by atoms with Crippen LogP contribution in [0.3, 0.4) is 0 Å². The van der Waals surface area contributed by atoms with Crippen molar-refractivity contribution in [1.29, 1.82) is 0 Å². The Balaban J connectivity index is 2.00. The van der Waals surface area contributed by atoms with Gasteiger partial charge < -0.3 is 20.6 Å². The summed E-state index contributed by atoms with van der Waals surface area (Å²) in [6, 6.07) is 3.79. The van der Waals surface area contributed by atoms with E-state index in [2.05, 4.69) is 35.9 Å². The van der Waals surface area contributed by atoms with Crippen LogP contribution in [0.2, 0.25) is 0 Å². The summed E-state index contributed by atoms with van der Waals surface area (Å²) in [5, 5.41) is 50.8. The highest BCUT2D eigenvalue weighted by atomic mass is 32.2. The third-order valence-corrected chi connectivity index (χ3v) is 8.15. The van der Waals surface area contributed by atoms with Crippen LogP contribution in [-0.2, 0) is 35.1 Å². The smallest absolute Gasteiger partial charge is 0.373 e. The number of benzene rings is 3. The summed E-state index contributed by atoms with van der Waals surface area (Å²) in [5.41, 5.74) is -3.04. The number of carbonyl (C=O) groups excluding carboxylic acids is 1. The Hall–Kier alpha value is -5.47. The summed E-state index contributed by atoms with van der Waals surface area (Å²) in [5.74, 6) is -6.20. The Morgan fingerprint density at radius 1 is 0.783 bits per heavy atom. The van der Waals surface area contributed by atoms with Crippen molar-refractivity contribution in [2.45, 2.75) is 21.6 Å². The van der Waals surface area contributed by atoms with E-state index in [-0.39, 0.29) is 5.69 Å². The van der Waals surface area contributed by atoms with Crippen LogP contribution in [0.4, 0.5) is 28.7 Å². The van der Waals surface area contributed by atoms with Crippen LogP contribution in [0, 0.1) is 0 Å². The molecule has 25 heteroatoms. The van der Waals surface area contributed by atoms with Crippen molar-refractivity contribution in [3.8, 4) is 11.5 Å². The quantitative estimate of drug-likeness (QED) is 0.0918. The standard InChI is InChI=1S/C21H16N8O14S3/c1-7(30)22-9-2-3-10(11(6-9)44(35,36)37)24-25-15-12(45(38,39)40)4-8-5-13(46(41,42)43)16(18(32)14(8)17(15)31)26-28-21-23-19(20(33)34)27-29-21/h2-6,31-32H,1H3,(H,22,30)(H,33,34)(H,23,27,29)(H,35,36,37)(H,38,39,40)(H,41,42,43). The molecule has 0 aliphatic carbocycles. The zero-order chi connectivity index (χ0) is 34.4. The van der Waals surface area contributed by atoms with Crippen LogP contribution in [0.25, 0.3) is 10.8 Å². The van der Waals surface area contributed by atoms with Gasteiger partial charge in [0, 0.05) is 12.6 Å². The van der Waals surface area contributed by atoms with Gasteiger partial charge in [-0.3, -0.25) is 23.6 Å². The average Bonchev–Trinajstić information content (AvgIpc) is 3.39. The van der Waals surface area contributed by atoms with Gasteiger partial charge in [-0.15, -0.1) is 25.6 Å². The van der Waals surface area contributed by atoms with Gasteiger partial charge in [0.15, 0.2) is 11.5 Å². The highest BCUT2D eigenvalue weighted by Gasteiger charge is 2.29. The van der Waals surface area contributed by atoms with Crippen LogP contribution >= 0.6 is 0 Å². The van der Waals surface area contributed by atoms with Gasteiger partial charge in [0.1, 0.15) is 31.7 Å². The summed E-state index contributed by atoms with van der Waals surface area (Å²) < 4.78 is 102. The van der Waals surface area contributed by atoms with E-state index in [1.807, 2.05) is 5.10 Å². The molecule has 0 aliphatic rings. The maximum Gasteiger partial charge on any atom is 0.373 e. The van der Waals surface area contributed by atoms with E-state index in [0.29, 0.717) is 12.1 Å². The number of rotatable bonds is 9. The fraction of sp³-hybridized carbons (Fsp3) is 0.0476. The lowest BCUT2D eigenvalue weighted by Gasteiger charge is -2.13. The van der Waals surface area contributed by atoms with E-state index in [9.17, 15) is 58.7 Å². The molecule has 22 nitrogen and oxygen atoms in total. The Bertz CT molecular complexity index is 2350. The number of carbonyl (C=O) groups is 2. The first-order valence-electron chi connectivity index (χ1n) is 11.6. The van der Waals surface area contributed by atoms with E-state index >= 15 is 0 Å². The van der Waals surface area contributed by atoms with Crippen molar-refractivity contribution in [3.63, 3.8) is 0 Å². The Kier molecular flexibility index (Phi) is 8.57. The predicted molar refractivity (Wildman–Crippen MR) is 149 cm³/mol. The molecule has 0 fully saturated rings. The number of hydrogen-bond donors (Lipinski definition) is 8. The van der Waals surface area contributed by atoms with Crippen LogP contribution in [0.1, 0.15) is 17.5 Å². The second-order valence-electron chi connectivity index (χ2n) is 8.72. The van der Waals surface area contributed by atoms with Crippen molar-refractivity contribution < 1.29 is 63.8 Å². The van der Waals surface area contributed by atoms with Crippen molar-refractivity contribution in [2.24, 2.45) is 20.5 Å². The van der Waals surface area contributed by atoms with Gasteiger partial charge in [-0.1, -0.05) is 0 Å². The summed E-state index contributed by atoms with van der Waals surface area (Å²) in [7, 11) is -15.7. The van der Waals surface area contributed by atoms with E-state index in [0.717, 1.165) is 25.1 Å². The first-order valence-corrected chi connectivity index (χ1v) is 15.9. The number of phenolic OH excluding ortho intramolecular Hbond substituents is 2. The lowest BCUT2D eigenvalue weighted by atomic mass is 10.1. The number of aromatic amines is 1. The van der Waals surface area contributed by atoms with Gasteiger partial charge in [0.2, 0.25) is 11.7 Å². The molecule has 3 aromatic carbocycles. The zero-order valence-corrected chi connectivity index (χ0v) is 24.7. The van der Waals surface area contributed by atoms with E-state index < -0.39 is 108 Å². The topological polar surface area (TPSA) is 361 Å². The summed E-state index contributed by atoms with van der Waals surface area (Å²) in [6.45, 7) is 1.10. The van der Waals surface area contributed by atoms with E-state index in [1.54, 1.807) is 0 Å². The summed E-state index contributed by atoms with van der Waals surface area (Å²) >= 11 is 0. The first-order chi connectivity index (χ1) is 21.2. The molecule has 1 amide bonds. The fourth-order valence-electron chi connectivity index (χ4n) is 3.72. The van der Waals surface area contributed by atoms with E-state index in [4.69, 9.17) is 5.11 Å². The fourth-order valence-corrected chi connectivity index (χ4v) is 5.69. The predicted octanol–water partition coefficient (Wildman–Crippen LogP) is 2.60. The number of aromatic hydroxyl groups is 2. The second-order valence-corrected chi connectivity index (χ2v) is 12.9. The molecule has 0 spiro atoms. The molecule has 46 heavy (non-hydrogen) atoms. The molecule has 0 saturated carbocycles. The minimum atomic E-state index is -5.37. The minimum absolute atomic E-state index is 0.114. The van der Waals surface area contributed by atoms with Crippen LogP contribution < -0.4 is 5.32 Å². The van der Waals surface area contributed by atoms with Gasteiger partial charge in [-0.25, -0.2) is 4.79 Å². The van der Waals surface area contributed by atoms with E-state index in [1.165, 1.54) is 0 Å². The monoisotopic (exact) mass is 700 g/mol. The molecule has 4 aromatic rings. The van der Waals surface area contributed by atoms with Crippen LogP contribution in [0.15, 0.2) is 65.5 Å². The Morgan fingerprint density at radius 2 is 1.30 bits per heavy atom. The van der Waals surface area contributed by atoms with Gasteiger partial charge in [0.05, 0.1) is 5.39 Å². The maximum atomic E-state index is 12.2. The number of azo groups is 2. The number of carboxylic acid groups (broad SMARTS) is 1. The Labute approximate surface area is 255 Å². The largest absolute Gasteiger partial charge is 0.505 e.